The Bertz CT molecular complexity index is 977. The van der Waals surface area contributed by atoms with Gasteiger partial charge in [0, 0.05) is 5.56 Å². The van der Waals surface area contributed by atoms with Crippen LogP contribution in [0.2, 0.25) is 0 Å². The van der Waals surface area contributed by atoms with E-state index in [9.17, 15) is 4.39 Å². The fourth-order valence-electron chi connectivity index (χ4n) is 2.24. The molecule has 0 unspecified atom stereocenters. The van der Waals surface area contributed by atoms with Gasteiger partial charge in [-0.2, -0.15) is 9.67 Å². The number of nitrogens with two attached hydrogens (primary N) is 1. The van der Waals surface area contributed by atoms with Crippen LogP contribution in [-0.4, -0.2) is 25.1 Å². The quantitative estimate of drug-likeness (QED) is 0.623. The highest BCUT2D eigenvalue weighted by molar-refractivity contribution is 5.66. The molecular weight excluding hydrogens is 311 g/mol. The molecule has 0 aliphatic heterocycles. The molecule has 0 amide bonds. The first-order chi connectivity index (χ1) is 11.7. The SMILES string of the molecule is Nc1c(-c2nc(-c3ccccc3)no2)nnn1-c1ccc(F)cc1. The van der Waals surface area contributed by atoms with Crippen molar-refractivity contribution < 1.29 is 8.91 Å². The van der Waals surface area contributed by atoms with Gasteiger partial charge in [0.05, 0.1) is 5.69 Å². The van der Waals surface area contributed by atoms with Crippen molar-refractivity contribution in [2.45, 2.75) is 0 Å². The minimum atomic E-state index is -0.345. The molecule has 24 heavy (non-hydrogen) atoms. The van der Waals surface area contributed by atoms with E-state index in [1.165, 1.54) is 16.8 Å². The number of hydrogen-bond donors (Lipinski definition) is 1. The van der Waals surface area contributed by atoms with Crippen LogP contribution in [0.3, 0.4) is 0 Å². The van der Waals surface area contributed by atoms with Crippen molar-refractivity contribution in [3.63, 3.8) is 0 Å². The van der Waals surface area contributed by atoms with E-state index in [0.717, 1.165) is 5.56 Å². The first-order valence-corrected chi connectivity index (χ1v) is 7.09. The third-order valence-electron chi connectivity index (χ3n) is 3.44. The van der Waals surface area contributed by atoms with E-state index >= 15 is 0 Å². The Kier molecular flexibility index (Phi) is 3.27. The molecule has 0 fully saturated rings. The number of hydrogen-bond acceptors (Lipinski definition) is 6. The highest BCUT2D eigenvalue weighted by atomic mass is 19.1. The van der Waals surface area contributed by atoms with Crippen molar-refractivity contribution in [1.82, 2.24) is 25.1 Å². The van der Waals surface area contributed by atoms with Gasteiger partial charge in [0.1, 0.15) is 5.82 Å². The monoisotopic (exact) mass is 322 g/mol. The Morgan fingerprint density at radius 1 is 1.00 bits per heavy atom. The molecule has 118 valence electrons. The summed E-state index contributed by atoms with van der Waals surface area (Å²) in [4.78, 5) is 4.30. The summed E-state index contributed by atoms with van der Waals surface area (Å²) in [6.07, 6.45) is 0. The number of nitrogen functional groups attached to an aromatic ring is 1. The second-order valence-electron chi connectivity index (χ2n) is 5.00. The van der Waals surface area contributed by atoms with Crippen molar-refractivity contribution in [2.24, 2.45) is 0 Å². The zero-order valence-electron chi connectivity index (χ0n) is 12.3. The molecule has 4 aromatic rings. The minimum Gasteiger partial charge on any atom is -0.382 e. The van der Waals surface area contributed by atoms with Crippen LogP contribution in [0.1, 0.15) is 0 Å². The van der Waals surface area contributed by atoms with Gasteiger partial charge < -0.3 is 10.3 Å². The third-order valence-corrected chi connectivity index (χ3v) is 3.44. The van der Waals surface area contributed by atoms with Crippen LogP contribution in [0, 0.1) is 5.82 Å². The van der Waals surface area contributed by atoms with E-state index in [1.807, 2.05) is 30.3 Å². The zero-order chi connectivity index (χ0) is 16.5. The summed E-state index contributed by atoms with van der Waals surface area (Å²) in [5.74, 6) is 0.480. The maximum absolute atomic E-state index is 13.0. The Hall–Kier alpha value is -3.55. The molecular formula is C16H11FN6O. The standard InChI is InChI=1S/C16H11FN6O/c17-11-6-8-12(9-7-11)23-14(18)13(20-22-23)16-19-15(21-24-16)10-4-2-1-3-5-10/h1-9H,18H2. The van der Waals surface area contributed by atoms with E-state index in [1.54, 1.807) is 12.1 Å². The summed E-state index contributed by atoms with van der Waals surface area (Å²) in [6.45, 7) is 0. The van der Waals surface area contributed by atoms with Crippen molar-refractivity contribution in [1.29, 1.82) is 0 Å². The average Bonchev–Trinajstić information content (AvgIpc) is 3.23. The predicted octanol–water partition coefficient (Wildman–Crippen LogP) is 2.71. The van der Waals surface area contributed by atoms with Crippen LogP contribution >= 0.6 is 0 Å². The summed E-state index contributed by atoms with van der Waals surface area (Å²) in [5, 5.41) is 11.9. The molecule has 2 heterocycles. The lowest BCUT2D eigenvalue weighted by molar-refractivity contribution is 0.431. The summed E-state index contributed by atoms with van der Waals surface area (Å²) >= 11 is 0. The van der Waals surface area contributed by atoms with Crippen LogP contribution < -0.4 is 5.73 Å². The summed E-state index contributed by atoms with van der Waals surface area (Å²) < 4.78 is 19.6. The number of benzene rings is 2. The van der Waals surface area contributed by atoms with E-state index in [4.69, 9.17) is 10.3 Å². The van der Waals surface area contributed by atoms with Crippen LogP contribution in [0.15, 0.2) is 59.1 Å². The molecule has 0 spiro atoms. The molecule has 0 saturated heterocycles. The Balaban J connectivity index is 1.71. The van der Waals surface area contributed by atoms with Crippen LogP contribution in [0.5, 0.6) is 0 Å². The van der Waals surface area contributed by atoms with E-state index < -0.39 is 0 Å². The van der Waals surface area contributed by atoms with E-state index in [2.05, 4.69) is 20.5 Å². The smallest absolute Gasteiger partial charge is 0.282 e. The van der Waals surface area contributed by atoms with Gasteiger partial charge in [-0.25, -0.2) is 4.39 Å². The lowest BCUT2D eigenvalue weighted by Crippen LogP contribution is -2.02. The minimum absolute atomic E-state index is 0.166. The zero-order valence-corrected chi connectivity index (χ0v) is 12.3. The largest absolute Gasteiger partial charge is 0.382 e. The summed E-state index contributed by atoms with van der Waals surface area (Å²) in [7, 11) is 0. The van der Waals surface area contributed by atoms with Crippen LogP contribution in [-0.2, 0) is 0 Å². The normalized spacial score (nSPS) is 10.9. The van der Waals surface area contributed by atoms with Gasteiger partial charge in [-0.15, -0.1) is 5.10 Å². The molecule has 0 aliphatic carbocycles. The number of aromatic nitrogens is 5. The predicted molar refractivity (Wildman–Crippen MR) is 84.5 cm³/mol. The fraction of sp³-hybridized carbons (Fsp3) is 0. The fourth-order valence-corrected chi connectivity index (χ4v) is 2.24. The number of nitrogens with zero attached hydrogens (tertiary/aromatic N) is 5. The number of rotatable bonds is 3. The lowest BCUT2D eigenvalue weighted by Gasteiger charge is -2.01. The molecule has 0 atom stereocenters. The highest BCUT2D eigenvalue weighted by Crippen LogP contribution is 2.26. The molecule has 8 heteroatoms. The highest BCUT2D eigenvalue weighted by Gasteiger charge is 2.19. The molecule has 0 saturated carbocycles. The Morgan fingerprint density at radius 3 is 2.50 bits per heavy atom. The second kappa shape index (κ2) is 5.58. The number of anilines is 1. The number of halogens is 1. The van der Waals surface area contributed by atoms with Gasteiger partial charge in [0.2, 0.25) is 5.82 Å². The second-order valence-corrected chi connectivity index (χ2v) is 5.00. The van der Waals surface area contributed by atoms with Gasteiger partial charge in [0.25, 0.3) is 5.89 Å². The average molecular weight is 322 g/mol. The van der Waals surface area contributed by atoms with Gasteiger partial charge in [-0.1, -0.05) is 40.7 Å². The molecule has 4 rings (SSSR count). The molecule has 0 radical (unpaired) electrons. The summed E-state index contributed by atoms with van der Waals surface area (Å²) in [5.41, 5.74) is 7.74. The summed E-state index contributed by atoms with van der Waals surface area (Å²) in [6, 6.07) is 15.1. The van der Waals surface area contributed by atoms with Gasteiger partial charge >= 0.3 is 0 Å². The maximum atomic E-state index is 13.0. The van der Waals surface area contributed by atoms with Crippen molar-refractivity contribution in [3.8, 4) is 28.7 Å². The van der Waals surface area contributed by atoms with Gasteiger partial charge in [-0.3, -0.25) is 0 Å². The van der Waals surface area contributed by atoms with Gasteiger partial charge in [-0.05, 0) is 24.3 Å². The molecule has 2 aromatic heterocycles. The van der Waals surface area contributed by atoms with Gasteiger partial charge in [0.15, 0.2) is 11.5 Å². The molecule has 0 bridgehead atoms. The molecule has 0 aliphatic rings. The topological polar surface area (TPSA) is 95.7 Å². The Morgan fingerprint density at radius 2 is 1.75 bits per heavy atom. The lowest BCUT2D eigenvalue weighted by atomic mass is 10.2. The van der Waals surface area contributed by atoms with E-state index in [0.29, 0.717) is 11.5 Å². The molecule has 2 aromatic carbocycles. The first-order valence-electron chi connectivity index (χ1n) is 7.09. The molecule has 2 N–H and O–H groups in total. The van der Waals surface area contributed by atoms with Crippen LogP contribution in [0.4, 0.5) is 10.2 Å². The van der Waals surface area contributed by atoms with Crippen molar-refractivity contribution in [3.05, 3.63) is 60.4 Å². The molecule has 7 nitrogen and oxygen atoms in total. The first kappa shape index (κ1) is 14.1. The van der Waals surface area contributed by atoms with Crippen molar-refractivity contribution in [2.75, 3.05) is 5.73 Å². The van der Waals surface area contributed by atoms with E-state index in [-0.39, 0.29) is 23.2 Å². The third kappa shape index (κ3) is 2.39. The van der Waals surface area contributed by atoms with Crippen LogP contribution in [0.25, 0.3) is 28.7 Å². The maximum Gasteiger partial charge on any atom is 0.282 e. The Labute approximate surface area is 135 Å². The van der Waals surface area contributed by atoms with Crippen molar-refractivity contribution >= 4 is 5.82 Å².